The number of nitrogens with zero attached hydrogens (tertiary/aromatic N) is 1. The first-order valence-corrected chi connectivity index (χ1v) is 5.92. The highest BCUT2D eigenvalue weighted by Crippen LogP contribution is 2.18. The Hall–Kier alpha value is -2.50. The van der Waals surface area contributed by atoms with E-state index < -0.39 is 11.7 Å². The third kappa shape index (κ3) is 2.90. The molecular formula is C14H13F2N3O. The Kier molecular flexibility index (Phi) is 3.93. The van der Waals surface area contributed by atoms with Gasteiger partial charge in [-0.25, -0.2) is 13.8 Å². The molecule has 6 heteroatoms. The van der Waals surface area contributed by atoms with Crippen LogP contribution in [0, 0.1) is 18.6 Å². The fourth-order valence-electron chi connectivity index (χ4n) is 1.73. The molecule has 1 amide bonds. The lowest BCUT2D eigenvalue weighted by atomic mass is 10.2. The van der Waals surface area contributed by atoms with Crippen molar-refractivity contribution < 1.29 is 13.6 Å². The molecule has 0 fully saturated rings. The summed E-state index contributed by atoms with van der Waals surface area (Å²) in [5.74, 6) is -1.22. The van der Waals surface area contributed by atoms with Crippen molar-refractivity contribution in [3.63, 3.8) is 0 Å². The fraction of sp³-hybridized carbons (Fsp3) is 0.143. The highest BCUT2D eigenvalue weighted by molar-refractivity contribution is 6.07. The molecule has 4 nitrogen and oxygen atoms in total. The minimum Gasteiger partial charge on any atom is -0.372 e. The highest BCUT2D eigenvalue weighted by Gasteiger charge is 2.14. The lowest BCUT2D eigenvalue weighted by Crippen LogP contribution is -2.15. The number of amides is 1. The lowest BCUT2D eigenvalue weighted by molar-refractivity contribution is 0.102. The van der Waals surface area contributed by atoms with Crippen LogP contribution in [0.4, 0.5) is 20.3 Å². The molecule has 0 aliphatic carbocycles. The molecule has 1 aromatic heterocycles. The zero-order chi connectivity index (χ0) is 14.7. The monoisotopic (exact) mass is 277 g/mol. The number of hydrogen-bond acceptors (Lipinski definition) is 3. The number of aromatic nitrogens is 1. The van der Waals surface area contributed by atoms with Gasteiger partial charge in [0.2, 0.25) is 0 Å². The molecule has 2 N–H and O–H groups in total. The van der Waals surface area contributed by atoms with Gasteiger partial charge >= 0.3 is 0 Å². The first-order chi connectivity index (χ1) is 9.51. The van der Waals surface area contributed by atoms with Gasteiger partial charge in [-0.1, -0.05) is 0 Å². The van der Waals surface area contributed by atoms with Gasteiger partial charge in [0.1, 0.15) is 17.5 Å². The molecular weight excluding hydrogens is 264 g/mol. The van der Waals surface area contributed by atoms with Crippen molar-refractivity contribution in [3.05, 3.63) is 53.2 Å². The molecule has 2 aromatic rings. The minimum absolute atomic E-state index is 0.0782. The van der Waals surface area contributed by atoms with Crippen molar-refractivity contribution in [2.45, 2.75) is 6.92 Å². The molecule has 0 unspecified atom stereocenters. The van der Waals surface area contributed by atoms with Gasteiger partial charge in [-0.05, 0) is 36.8 Å². The van der Waals surface area contributed by atoms with Gasteiger partial charge < -0.3 is 10.6 Å². The summed E-state index contributed by atoms with van der Waals surface area (Å²) in [6, 6.07) is 5.28. The number of nitrogens with one attached hydrogen (secondary N) is 2. The molecule has 104 valence electrons. The molecule has 2 rings (SSSR count). The molecule has 0 aliphatic rings. The summed E-state index contributed by atoms with van der Waals surface area (Å²) in [5.41, 5.74) is 0.920. The van der Waals surface area contributed by atoms with Crippen molar-refractivity contribution in [2.24, 2.45) is 0 Å². The van der Waals surface area contributed by atoms with Crippen LogP contribution in [0.15, 0.2) is 30.5 Å². The molecule has 0 atom stereocenters. The van der Waals surface area contributed by atoms with Crippen LogP contribution < -0.4 is 10.6 Å². The molecule has 0 radical (unpaired) electrons. The third-order valence-electron chi connectivity index (χ3n) is 2.75. The van der Waals surface area contributed by atoms with Gasteiger partial charge in [0.15, 0.2) is 0 Å². The Bertz CT molecular complexity index is 659. The molecule has 1 aromatic carbocycles. The van der Waals surface area contributed by atoms with E-state index in [2.05, 4.69) is 15.6 Å². The van der Waals surface area contributed by atoms with E-state index in [1.807, 2.05) is 0 Å². The van der Waals surface area contributed by atoms with E-state index in [1.54, 1.807) is 14.0 Å². The van der Waals surface area contributed by atoms with Gasteiger partial charge in [-0.2, -0.15) is 0 Å². The summed E-state index contributed by atoms with van der Waals surface area (Å²) in [7, 11) is 1.58. The molecule has 20 heavy (non-hydrogen) atoms. The maximum Gasteiger partial charge on any atom is 0.259 e. The average Bonchev–Trinajstić information content (AvgIpc) is 2.43. The number of carbonyl (C=O) groups is 1. The van der Waals surface area contributed by atoms with Gasteiger partial charge in [0, 0.05) is 12.7 Å². The van der Waals surface area contributed by atoms with Crippen LogP contribution in [0.1, 0.15) is 15.9 Å². The Labute approximate surface area is 114 Å². The van der Waals surface area contributed by atoms with Crippen LogP contribution in [0.2, 0.25) is 0 Å². The topological polar surface area (TPSA) is 54.0 Å². The third-order valence-corrected chi connectivity index (χ3v) is 2.75. The average molecular weight is 277 g/mol. The SMILES string of the molecule is CNc1ncc(F)cc1C(=O)Nc1ccc(F)c(C)c1. The number of aryl methyl sites for hydroxylation is 1. The number of pyridine rings is 1. The van der Waals surface area contributed by atoms with E-state index in [1.165, 1.54) is 18.2 Å². The normalized spacial score (nSPS) is 10.2. The summed E-state index contributed by atoms with van der Waals surface area (Å²) < 4.78 is 26.3. The predicted molar refractivity (Wildman–Crippen MR) is 72.8 cm³/mol. The first-order valence-electron chi connectivity index (χ1n) is 5.92. The van der Waals surface area contributed by atoms with E-state index in [-0.39, 0.29) is 17.2 Å². The molecule has 1 heterocycles. The van der Waals surface area contributed by atoms with Crippen molar-refractivity contribution in [2.75, 3.05) is 17.7 Å². The summed E-state index contributed by atoms with van der Waals surface area (Å²) in [5, 5.41) is 5.29. The largest absolute Gasteiger partial charge is 0.372 e. The Balaban J connectivity index is 2.27. The summed E-state index contributed by atoms with van der Waals surface area (Å²) in [6.45, 7) is 1.59. The maximum absolute atomic E-state index is 13.2. The quantitative estimate of drug-likeness (QED) is 0.907. The first kappa shape index (κ1) is 13.9. The predicted octanol–water partition coefficient (Wildman–Crippen LogP) is 2.96. The summed E-state index contributed by atoms with van der Waals surface area (Å²) >= 11 is 0. The number of rotatable bonds is 3. The van der Waals surface area contributed by atoms with Crippen LogP contribution >= 0.6 is 0 Å². The molecule has 0 saturated carbocycles. The minimum atomic E-state index is -0.607. The second-order valence-electron chi connectivity index (χ2n) is 4.22. The summed E-state index contributed by atoms with van der Waals surface area (Å²) in [4.78, 5) is 15.9. The van der Waals surface area contributed by atoms with Gasteiger partial charge in [0.25, 0.3) is 5.91 Å². The zero-order valence-electron chi connectivity index (χ0n) is 11.0. The molecule has 0 spiro atoms. The number of halogens is 2. The Morgan fingerprint density at radius 3 is 2.65 bits per heavy atom. The number of hydrogen-bond donors (Lipinski definition) is 2. The lowest BCUT2D eigenvalue weighted by Gasteiger charge is -2.09. The maximum atomic E-state index is 13.2. The number of anilines is 2. The smallest absolute Gasteiger partial charge is 0.259 e. The van der Waals surface area contributed by atoms with Crippen LogP contribution in [0.3, 0.4) is 0 Å². The van der Waals surface area contributed by atoms with Crippen LogP contribution in [0.5, 0.6) is 0 Å². The standard InChI is InChI=1S/C14H13F2N3O/c1-8-5-10(3-4-12(8)16)19-14(20)11-6-9(15)7-18-13(11)17-2/h3-7H,1-2H3,(H,17,18)(H,19,20). The van der Waals surface area contributed by atoms with Crippen molar-refractivity contribution in [1.82, 2.24) is 4.98 Å². The van der Waals surface area contributed by atoms with E-state index in [4.69, 9.17) is 0 Å². The van der Waals surface area contributed by atoms with Crippen LogP contribution in [-0.2, 0) is 0 Å². The highest BCUT2D eigenvalue weighted by atomic mass is 19.1. The van der Waals surface area contributed by atoms with E-state index in [0.29, 0.717) is 11.3 Å². The molecule has 0 aliphatic heterocycles. The van der Waals surface area contributed by atoms with Crippen molar-refractivity contribution in [1.29, 1.82) is 0 Å². The van der Waals surface area contributed by atoms with Crippen molar-refractivity contribution >= 4 is 17.4 Å². The Morgan fingerprint density at radius 1 is 1.25 bits per heavy atom. The second-order valence-corrected chi connectivity index (χ2v) is 4.22. The van der Waals surface area contributed by atoms with Crippen LogP contribution in [0.25, 0.3) is 0 Å². The molecule has 0 saturated heterocycles. The van der Waals surface area contributed by atoms with Crippen LogP contribution in [-0.4, -0.2) is 17.9 Å². The van der Waals surface area contributed by atoms with E-state index >= 15 is 0 Å². The van der Waals surface area contributed by atoms with Gasteiger partial charge in [0.05, 0.1) is 11.8 Å². The second kappa shape index (κ2) is 5.64. The Morgan fingerprint density at radius 2 is 2.00 bits per heavy atom. The van der Waals surface area contributed by atoms with Gasteiger partial charge in [-0.3, -0.25) is 4.79 Å². The molecule has 0 bridgehead atoms. The fourth-order valence-corrected chi connectivity index (χ4v) is 1.73. The zero-order valence-corrected chi connectivity index (χ0v) is 11.0. The van der Waals surface area contributed by atoms with Crippen molar-refractivity contribution in [3.8, 4) is 0 Å². The number of benzene rings is 1. The summed E-state index contributed by atoms with van der Waals surface area (Å²) in [6.07, 6.45) is 1.02. The van der Waals surface area contributed by atoms with E-state index in [0.717, 1.165) is 12.3 Å². The van der Waals surface area contributed by atoms with Gasteiger partial charge in [-0.15, -0.1) is 0 Å². The number of carbonyl (C=O) groups excluding carboxylic acids is 1. The van der Waals surface area contributed by atoms with E-state index in [9.17, 15) is 13.6 Å².